The molecule has 0 amide bonds. The SMILES string of the molecule is C=CC(=O)OC1CC2C(C)C1C1C3C#CC(C3)C21. The summed E-state index contributed by atoms with van der Waals surface area (Å²) in [6.45, 7) is 5.83. The standard InChI is InChI=1S/C16H18O2/c1-3-13(17)18-12-7-11-8(2)14(12)16-10-5-4-9(6-10)15(11)16/h3,8-12,14-16H,1,6-7H2,2H3. The molecule has 0 aromatic carbocycles. The van der Waals surface area contributed by atoms with E-state index in [1.807, 2.05) is 0 Å². The molecule has 3 saturated carbocycles. The third-order valence-corrected chi connectivity index (χ3v) is 5.92. The largest absolute Gasteiger partial charge is 0.459 e. The van der Waals surface area contributed by atoms with E-state index < -0.39 is 0 Å². The monoisotopic (exact) mass is 242 g/mol. The molecule has 3 fully saturated rings. The van der Waals surface area contributed by atoms with Crippen LogP contribution >= 0.6 is 0 Å². The molecular formula is C16H18O2. The first kappa shape index (κ1) is 10.7. The van der Waals surface area contributed by atoms with Gasteiger partial charge in [0.15, 0.2) is 0 Å². The average molecular weight is 242 g/mol. The Morgan fingerprint density at radius 1 is 1.22 bits per heavy atom. The summed E-state index contributed by atoms with van der Waals surface area (Å²) in [6.07, 6.45) is 3.71. The summed E-state index contributed by atoms with van der Waals surface area (Å²) in [7, 11) is 0. The van der Waals surface area contributed by atoms with Gasteiger partial charge >= 0.3 is 5.97 Å². The molecule has 0 heterocycles. The highest BCUT2D eigenvalue weighted by molar-refractivity contribution is 5.81. The lowest BCUT2D eigenvalue weighted by Crippen LogP contribution is -2.36. The van der Waals surface area contributed by atoms with Gasteiger partial charge in [0.2, 0.25) is 0 Å². The second-order valence-electron chi connectivity index (χ2n) is 6.41. The summed E-state index contributed by atoms with van der Waals surface area (Å²) in [6, 6.07) is 0. The summed E-state index contributed by atoms with van der Waals surface area (Å²) < 4.78 is 5.58. The third kappa shape index (κ3) is 1.13. The first-order valence-corrected chi connectivity index (χ1v) is 7.05. The van der Waals surface area contributed by atoms with E-state index in [2.05, 4.69) is 25.3 Å². The molecule has 0 radical (unpaired) electrons. The van der Waals surface area contributed by atoms with E-state index in [4.69, 9.17) is 4.74 Å². The van der Waals surface area contributed by atoms with Crippen LogP contribution in [-0.2, 0) is 9.53 Å². The van der Waals surface area contributed by atoms with Crippen molar-refractivity contribution < 1.29 is 9.53 Å². The Morgan fingerprint density at radius 2 is 1.94 bits per heavy atom. The molecular weight excluding hydrogens is 224 g/mol. The first-order chi connectivity index (χ1) is 8.70. The zero-order valence-electron chi connectivity index (χ0n) is 10.6. The van der Waals surface area contributed by atoms with Gasteiger partial charge in [-0.05, 0) is 36.5 Å². The smallest absolute Gasteiger partial charge is 0.330 e. The van der Waals surface area contributed by atoms with Gasteiger partial charge in [-0.15, -0.1) is 0 Å². The number of carbonyl (C=O) groups is 1. The van der Waals surface area contributed by atoms with Crippen molar-refractivity contribution in [1.29, 1.82) is 0 Å². The van der Waals surface area contributed by atoms with Crippen LogP contribution in [0.1, 0.15) is 19.8 Å². The first-order valence-electron chi connectivity index (χ1n) is 7.05. The molecule has 0 aromatic rings. The van der Waals surface area contributed by atoms with Crippen LogP contribution in [0.4, 0.5) is 0 Å². The van der Waals surface area contributed by atoms with E-state index in [1.165, 1.54) is 12.5 Å². The Kier molecular flexibility index (Phi) is 2.02. The second-order valence-corrected chi connectivity index (χ2v) is 6.41. The van der Waals surface area contributed by atoms with Crippen LogP contribution in [0.15, 0.2) is 12.7 Å². The molecule has 2 heteroatoms. The summed E-state index contributed by atoms with van der Waals surface area (Å²) >= 11 is 0. The topological polar surface area (TPSA) is 26.3 Å². The van der Waals surface area contributed by atoms with Gasteiger partial charge in [0.25, 0.3) is 0 Å². The van der Waals surface area contributed by atoms with E-state index in [-0.39, 0.29) is 12.1 Å². The lowest BCUT2D eigenvalue weighted by Gasteiger charge is -2.34. The molecule has 0 saturated heterocycles. The van der Waals surface area contributed by atoms with Crippen LogP contribution in [0.2, 0.25) is 0 Å². The van der Waals surface area contributed by atoms with E-state index in [1.54, 1.807) is 0 Å². The van der Waals surface area contributed by atoms with Gasteiger partial charge in [0.1, 0.15) is 6.10 Å². The second kappa shape index (κ2) is 3.41. The fourth-order valence-corrected chi connectivity index (χ4v) is 5.45. The Morgan fingerprint density at radius 3 is 2.67 bits per heavy atom. The number of ether oxygens (including phenoxy) is 1. The van der Waals surface area contributed by atoms with Crippen LogP contribution < -0.4 is 0 Å². The highest BCUT2D eigenvalue weighted by atomic mass is 16.5. The van der Waals surface area contributed by atoms with Crippen molar-refractivity contribution >= 4 is 5.97 Å². The normalized spacial score (nSPS) is 53.8. The summed E-state index contributed by atoms with van der Waals surface area (Å²) in [4.78, 5) is 11.4. The van der Waals surface area contributed by atoms with Crippen LogP contribution in [0, 0.1) is 53.3 Å². The molecule has 0 N–H and O–H groups in total. The maximum Gasteiger partial charge on any atom is 0.330 e. The van der Waals surface area contributed by atoms with Gasteiger partial charge in [0.05, 0.1) is 0 Å². The predicted octanol–water partition coefficient (Wildman–Crippen LogP) is 2.26. The van der Waals surface area contributed by atoms with Crippen LogP contribution in [-0.4, -0.2) is 12.1 Å². The number of rotatable bonds is 2. The van der Waals surface area contributed by atoms with Crippen molar-refractivity contribution in [2.24, 2.45) is 41.4 Å². The van der Waals surface area contributed by atoms with Gasteiger partial charge in [-0.25, -0.2) is 4.79 Å². The van der Waals surface area contributed by atoms with Crippen molar-refractivity contribution in [2.75, 3.05) is 0 Å². The molecule has 8 unspecified atom stereocenters. The molecule has 4 aliphatic carbocycles. The van der Waals surface area contributed by atoms with E-state index >= 15 is 0 Å². The minimum absolute atomic E-state index is 0.123. The van der Waals surface area contributed by atoms with Crippen molar-refractivity contribution in [1.82, 2.24) is 0 Å². The molecule has 0 aliphatic heterocycles. The molecule has 8 atom stereocenters. The predicted molar refractivity (Wildman–Crippen MR) is 67.2 cm³/mol. The Hall–Kier alpha value is -1.23. The summed E-state index contributed by atoms with van der Waals surface area (Å²) in [5.74, 6) is 11.3. The van der Waals surface area contributed by atoms with Gasteiger partial charge in [-0.1, -0.05) is 25.3 Å². The van der Waals surface area contributed by atoms with Gasteiger partial charge in [-0.2, -0.15) is 0 Å². The highest BCUT2D eigenvalue weighted by Crippen LogP contribution is 2.66. The molecule has 94 valence electrons. The van der Waals surface area contributed by atoms with Crippen molar-refractivity contribution in [3.05, 3.63) is 12.7 Å². The molecule has 4 bridgehead atoms. The summed E-state index contributed by atoms with van der Waals surface area (Å²) in [5.41, 5.74) is 0. The molecule has 4 aliphatic rings. The van der Waals surface area contributed by atoms with E-state index in [0.717, 1.165) is 18.3 Å². The van der Waals surface area contributed by atoms with E-state index in [9.17, 15) is 4.79 Å². The van der Waals surface area contributed by atoms with Crippen molar-refractivity contribution in [2.45, 2.75) is 25.9 Å². The fourth-order valence-electron chi connectivity index (χ4n) is 5.45. The molecule has 4 rings (SSSR count). The van der Waals surface area contributed by atoms with Crippen LogP contribution in [0.5, 0.6) is 0 Å². The average Bonchev–Trinajstić information content (AvgIpc) is 3.08. The number of esters is 1. The number of carbonyl (C=O) groups excluding carboxylic acids is 1. The zero-order chi connectivity index (χ0) is 12.4. The van der Waals surface area contributed by atoms with Gasteiger partial charge in [-0.3, -0.25) is 0 Å². The van der Waals surface area contributed by atoms with Gasteiger partial charge < -0.3 is 4.74 Å². The maximum absolute atomic E-state index is 11.4. The van der Waals surface area contributed by atoms with Crippen LogP contribution in [0.25, 0.3) is 0 Å². The Balaban J connectivity index is 1.62. The van der Waals surface area contributed by atoms with E-state index in [0.29, 0.717) is 29.6 Å². The lowest BCUT2D eigenvalue weighted by molar-refractivity contribution is -0.147. The highest BCUT2D eigenvalue weighted by Gasteiger charge is 2.65. The summed E-state index contributed by atoms with van der Waals surface area (Å²) in [5, 5.41) is 0. The number of hydrogen-bond acceptors (Lipinski definition) is 2. The van der Waals surface area contributed by atoms with Crippen molar-refractivity contribution in [3.63, 3.8) is 0 Å². The Labute approximate surface area is 108 Å². The minimum atomic E-state index is -0.259. The number of hydrogen-bond donors (Lipinski definition) is 0. The van der Waals surface area contributed by atoms with Crippen LogP contribution in [0.3, 0.4) is 0 Å². The quantitative estimate of drug-likeness (QED) is 0.321. The number of fused-ring (bicyclic) bond motifs is 9. The molecule has 18 heavy (non-hydrogen) atoms. The van der Waals surface area contributed by atoms with Gasteiger partial charge in [0, 0.05) is 23.8 Å². The third-order valence-electron chi connectivity index (χ3n) is 5.92. The molecule has 0 aromatic heterocycles. The zero-order valence-corrected chi connectivity index (χ0v) is 10.6. The maximum atomic E-state index is 11.4. The Bertz CT molecular complexity index is 483. The fraction of sp³-hybridized carbons (Fsp3) is 0.688. The minimum Gasteiger partial charge on any atom is -0.459 e. The van der Waals surface area contributed by atoms with Crippen molar-refractivity contribution in [3.8, 4) is 11.8 Å². The molecule has 2 nitrogen and oxygen atoms in total. The molecule has 0 spiro atoms. The lowest BCUT2D eigenvalue weighted by atomic mass is 9.73.